The van der Waals surface area contributed by atoms with E-state index in [-0.39, 0.29) is 0 Å². The highest BCUT2D eigenvalue weighted by molar-refractivity contribution is 5.00. The highest BCUT2D eigenvalue weighted by Crippen LogP contribution is 2.59. The Morgan fingerprint density at radius 3 is 1.25 bits per heavy atom. The van der Waals surface area contributed by atoms with Crippen LogP contribution in [-0.4, -0.2) is 0 Å². The summed E-state index contributed by atoms with van der Waals surface area (Å²) >= 11 is 0. The van der Waals surface area contributed by atoms with Crippen LogP contribution in [0.25, 0.3) is 0 Å². The van der Waals surface area contributed by atoms with Crippen LogP contribution in [0.1, 0.15) is 81.6 Å². The molecule has 1 unspecified atom stereocenters. The largest absolute Gasteiger partial charge is 0.0651 e. The van der Waals surface area contributed by atoms with Crippen molar-refractivity contribution in [3.05, 3.63) is 0 Å². The second-order valence-corrected chi connectivity index (χ2v) is 6.99. The molecule has 0 aromatic heterocycles. The smallest absolute Gasteiger partial charge is 0.0198 e. The van der Waals surface area contributed by atoms with Crippen molar-refractivity contribution in [2.45, 2.75) is 81.6 Å². The highest BCUT2D eigenvalue weighted by Gasteiger charge is 2.51. The first-order chi connectivity index (χ1) is 7.10. The lowest BCUT2D eigenvalue weighted by atomic mass is 9.47. The Bertz CT molecular complexity index is 194. The van der Waals surface area contributed by atoms with Gasteiger partial charge in [0.15, 0.2) is 0 Å². The van der Waals surface area contributed by atoms with Crippen molar-refractivity contribution in [2.75, 3.05) is 0 Å². The fourth-order valence-corrected chi connectivity index (χ4v) is 3.39. The molecule has 0 aromatic carbocycles. The van der Waals surface area contributed by atoms with Gasteiger partial charge in [-0.1, -0.05) is 81.6 Å². The summed E-state index contributed by atoms with van der Waals surface area (Å²) in [6.45, 7) is 21.8. The zero-order valence-corrected chi connectivity index (χ0v) is 13.2. The lowest BCUT2D eigenvalue weighted by molar-refractivity contribution is -0.0874. The van der Waals surface area contributed by atoms with E-state index in [0.717, 1.165) is 5.92 Å². The summed E-state index contributed by atoms with van der Waals surface area (Å²) < 4.78 is 0. The Morgan fingerprint density at radius 1 is 0.750 bits per heavy atom. The topological polar surface area (TPSA) is 0 Å². The van der Waals surface area contributed by atoms with Crippen LogP contribution in [-0.2, 0) is 0 Å². The van der Waals surface area contributed by atoms with Crippen LogP contribution in [0, 0.1) is 22.2 Å². The Hall–Kier alpha value is 0. The minimum atomic E-state index is 0.401. The van der Waals surface area contributed by atoms with Crippen molar-refractivity contribution in [3.8, 4) is 0 Å². The maximum absolute atomic E-state index is 2.52. The van der Waals surface area contributed by atoms with Crippen molar-refractivity contribution < 1.29 is 0 Å². The minimum Gasteiger partial charge on any atom is -0.0651 e. The lowest BCUT2D eigenvalue weighted by Gasteiger charge is -2.57. The fraction of sp³-hybridized carbons (Fsp3) is 1.00. The van der Waals surface area contributed by atoms with Gasteiger partial charge in [-0.05, 0) is 22.2 Å². The van der Waals surface area contributed by atoms with Crippen molar-refractivity contribution >= 4 is 0 Å². The molecule has 0 nitrogen and oxygen atoms in total. The normalized spacial score (nSPS) is 16.3. The molecule has 0 radical (unpaired) electrons. The van der Waals surface area contributed by atoms with Gasteiger partial charge >= 0.3 is 0 Å². The molecular formula is C16H34. The van der Waals surface area contributed by atoms with Crippen LogP contribution >= 0.6 is 0 Å². The van der Waals surface area contributed by atoms with E-state index in [0.29, 0.717) is 16.2 Å². The van der Waals surface area contributed by atoms with Crippen LogP contribution in [0.3, 0.4) is 0 Å². The summed E-state index contributed by atoms with van der Waals surface area (Å²) in [5.41, 5.74) is 1.21. The van der Waals surface area contributed by atoms with Gasteiger partial charge in [-0.3, -0.25) is 0 Å². The van der Waals surface area contributed by atoms with Gasteiger partial charge in [-0.25, -0.2) is 0 Å². The summed E-state index contributed by atoms with van der Waals surface area (Å²) in [6, 6.07) is 0. The first kappa shape index (κ1) is 16.0. The van der Waals surface area contributed by atoms with E-state index in [1.54, 1.807) is 0 Å². The van der Waals surface area contributed by atoms with Crippen molar-refractivity contribution in [1.29, 1.82) is 0 Å². The summed E-state index contributed by atoms with van der Waals surface area (Å²) in [6.07, 6.45) is 3.80. The third-order valence-corrected chi connectivity index (χ3v) is 6.18. The average Bonchev–Trinajstić information content (AvgIpc) is 2.26. The molecule has 0 aliphatic carbocycles. The molecule has 0 amide bonds. The first-order valence-electron chi connectivity index (χ1n) is 7.10. The Balaban J connectivity index is 5.54. The molecule has 0 aromatic rings. The van der Waals surface area contributed by atoms with Gasteiger partial charge in [0.25, 0.3) is 0 Å². The molecule has 0 N–H and O–H groups in total. The molecule has 0 saturated heterocycles. The Morgan fingerprint density at radius 2 is 1.06 bits per heavy atom. The summed E-state index contributed by atoms with van der Waals surface area (Å²) in [5, 5.41) is 0. The molecule has 98 valence electrons. The van der Waals surface area contributed by atoms with Gasteiger partial charge in [0.2, 0.25) is 0 Å². The zero-order valence-electron chi connectivity index (χ0n) is 13.2. The molecular weight excluding hydrogens is 192 g/mol. The van der Waals surface area contributed by atoms with Gasteiger partial charge in [0.1, 0.15) is 0 Å². The number of rotatable bonds is 6. The molecule has 0 fully saturated rings. The van der Waals surface area contributed by atoms with Crippen LogP contribution < -0.4 is 0 Å². The standard InChI is InChI=1S/C16H34/c1-10-13(4)16(9,14(5,6)11-2)15(7,8)12-3/h13H,10-12H2,1-9H3. The molecule has 1 atom stereocenters. The summed E-state index contributed by atoms with van der Waals surface area (Å²) in [4.78, 5) is 0. The van der Waals surface area contributed by atoms with Crippen LogP contribution in [0.5, 0.6) is 0 Å². The molecule has 0 heteroatoms. The van der Waals surface area contributed by atoms with Crippen molar-refractivity contribution in [1.82, 2.24) is 0 Å². The summed E-state index contributed by atoms with van der Waals surface area (Å²) in [5.74, 6) is 0.775. The third-order valence-electron chi connectivity index (χ3n) is 6.18. The Labute approximate surface area is 104 Å². The second-order valence-electron chi connectivity index (χ2n) is 6.99. The van der Waals surface area contributed by atoms with E-state index in [9.17, 15) is 0 Å². The van der Waals surface area contributed by atoms with E-state index in [1.807, 2.05) is 0 Å². The average molecular weight is 226 g/mol. The molecule has 0 aliphatic heterocycles. The van der Waals surface area contributed by atoms with Crippen LogP contribution in [0.2, 0.25) is 0 Å². The predicted molar refractivity (Wildman–Crippen MR) is 75.7 cm³/mol. The third kappa shape index (κ3) is 2.31. The zero-order chi connectivity index (χ0) is 13.2. The molecule has 0 bridgehead atoms. The molecule has 0 spiro atoms. The maximum atomic E-state index is 2.52. The molecule has 16 heavy (non-hydrogen) atoms. The van der Waals surface area contributed by atoms with E-state index in [4.69, 9.17) is 0 Å². The first-order valence-corrected chi connectivity index (χ1v) is 7.10. The molecule has 0 saturated carbocycles. The van der Waals surface area contributed by atoms with E-state index < -0.39 is 0 Å². The van der Waals surface area contributed by atoms with Gasteiger partial charge in [-0.2, -0.15) is 0 Å². The quantitative estimate of drug-likeness (QED) is 0.528. The van der Waals surface area contributed by atoms with E-state index in [1.165, 1.54) is 19.3 Å². The highest BCUT2D eigenvalue weighted by atomic mass is 14.6. The van der Waals surface area contributed by atoms with Gasteiger partial charge in [-0.15, -0.1) is 0 Å². The number of hydrogen-bond donors (Lipinski definition) is 0. The monoisotopic (exact) mass is 226 g/mol. The van der Waals surface area contributed by atoms with Gasteiger partial charge in [0, 0.05) is 0 Å². The molecule has 0 rings (SSSR count). The Kier molecular flexibility index (Phi) is 5.10. The SMILES string of the molecule is CCC(C)C(C)(C(C)(C)CC)C(C)(C)CC. The van der Waals surface area contributed by atoms with Crippen LogP contribution in [0.15, 0.2) is 0 Å². The summed E-state index contributed by atoms with van der Waals surface area (Å²) in [7, 11) is 0. The lowest BCUT2D eigenvalue weighted by Crippen LogP contribution is -2.50. The fourth-order valence-electron chi connectivity index (χ4n) is 3.39. The van der Waals surface area contributed by atoms with Gasteiger partial charge < -0.3 is 0 Å². The van der Waals surface area contributed by atoms with E-state index in [2.05, 4.69) is 62.3 Å². The van der Waals surface area contributed by atoms with Gasteiger partial charge in [0.05, 0.1) is 0 Å². The molecule has 0 heterocycles. The van der Waals surface area contributed by atoms with E-state index >= 15 is 0 Å². The maximum Gasteiger partial charge on any atom is -0.0198 e. The molecule has 0 aliphatic rings. The predicted octanol–water partition coefficient (Wildman–Crippen LogP) is 5.91. The minimum absolute atomic E-state index is 0.401. The van der Waals surface area contributed by atoms with Crippen LogP contribution in [0.4, 0.5) is 0 Å². The number of hydrogen-bond acceptors (Lipinski definition) is 0. The van der Waals surface area contributed by atoms with Crippen molar-refractivity contribution in [3.63, 3.8) is 0 Å². The second kappa shape index (κ2) is 5.10. The van der Waals surface area contributed by atoms with Crippen molar-refractivity contribution in [2.24, 2.45) is 22.2 Å².